The summed E-state index contributed by atoms with van der Waals surface area (Å²) in [6, 6.07) is 15.1. The second-order valence-corrected chi connectivity index (χ2v) is 7.25. The van der Waals surface area contributed by atoms with Crippen LogP contribution >= 0.6 is 0 Å². The van der Waals surface area contributed by atoms with Crippen molar-refractivity contribution < 1.29 is 9.90 Å². The lowest BCUT2D eigenvalue weighted by molar-refractivity contribution is 0.0698. The van der Waals surface area contributed by atoms with Crippen LogP contribution in [0.25, 0.3) is 5.69 Å². The van der Waals surface area contributed by atoms with Gasteiger partial charge in [0, 0.05) is 6.07 Å². The first-order valence-corrected chi connectivity index (χ1v) is 9.11. The molecule has 1 aromatic heterocycles. The molecule has 0 unspecified atom stereocenters. The van der Waals surface area contributed by atoms with Crippen LogP contribution in [0.2, 0.25) is 0 Å². The first-order valence-electron chi connectivity index (χ1n) is 9.11. The maximum Gasteiger partial charge on any atom is 0.337 e. The molecule has 0 aliphatic carbocycles. The summed E-state index contributed by atoms with van der Waals surface area (Å²) >= 11 is 0. The molecule has 0 aliphatic rings. The number of aromatic nitrogens is 2. The monoisotopic (exact) mass is 363 g/mol. The summed E-state index contributed by atoms with van der Waals surface area (Å²) in [6.45, 7) is 8.43. The first kappa shape index (κ1) is 18.7. The highest BCUT2D eigenvalue weighted by Gasteiger charge is 2.17. The Bertz CT molecular complexity index is 953. The average Bonchev–Trinajstić information content (AvgIpc) is 2.96. The number of benzene rings is 2. The Morgan fingerprint density at radius 3 is 2.41 bits per heavy atom. The highest BCUT2D eigenvalue weighted by atomic mass is 16.4. The van der Waals surface area contributed by atoms with Crippen molar-refractivity contribution >= 4 is 17.5 Å². The number of rotatable bonds is 6. The SMILES string of the molecule is Cc1cccc(C)c1-n1nc(CC(C)C)cc1Nc1ccccc1C(=O)O. The van der Waals surface area contributed by atoms with Gasteiger partial charge in [0.1, 0.15) is 5.82 Å². The molecule has 0 bridgehead atoms. The predicted octanol–water partition coefficient (Wildman–Crippen LogP) is 5.13. The minimum absolute atomic E-state index is 0.233. The first-order chi connectivity index (χ1) is 12.9. The van der Waals surface area contributed by atoms with Gasteiger partial charge in [0.15, 0.2) is 0 Å². The van der Waals surface area contributed by atoms with Crippen LogP contribution in [0, 0.1) is 19.8 Å². The molecular weight excluding hydrogens is 338 g/mol. The van der Waals surface area contributed by atoms with Crippen molar-refractivity contribution in [2.24, 2.45) is 5.92 Å². The number of carbonyl (C=O) groups is 1. The highest BCUT2D eigenvalue weighted by Crippen LogP contribution is 2.28. The zero-order chi connectivity index (χ0) is 19.6. The molecule has 0 spiro atoms. The zero-order valence-electron chi connectivity index (χ0n) is 16.2. The van der Waals surface area contributed by atoms with Gasteiger partial charge in [-0.2, -0.15) is 5.10 Å². The molecule has 2 N–H and O–H groups in total. The number of aromatic carboxylic acids is 1. The summed E-state index contributed by atoms with van der Waals surface area (Å²) in [4.78, 5) is 11.6. The van der Waals surface area contributed by atoms with E-state index in [1.807, 2.05) is 22.9 Å². The predicted molar refractivity (Wildman–Crippen MR) is 108 cm³/mol. The van der Waals surface area contributed by atoms with Gasteiger partial charge in [-0.3, -0.25) is 0 Å². The minimum Gasteiger partial charge on any atom is -0.478 e. The molecule has 0 amide bonds. The molecular formula is C22H25N3O2. The van der Waals surface area contributed by atoms with Crippen molar-refractivity contribution in [1.29, 1.82) is 0 Å². The molecule has 3 aromatic rings. The number of nitrogens with one attached hydrogen (secondary N) is 1. The molecule has 5 nitrogen and oxygen atoms in total. The van der Waals surface area contributed by atoms with Crippen LogP contribution in [-0.4, -0.2) is 20.9 Å². The van der Waals surface area contributed by atoms with Gasteiger partial charge in [0.05, 0.1) is 22.6 Å². The Kier molecular flexibility index (Phi) is 5.31. The summed E-state index contributed by atoms with van der Waals surface area (Å²) < 4.78 is 1.89. The Balaban J connectivity index is 2.12. The molecule has 0 radical (unpaired) electrons. The number of carboxylic acids is 1. The van der Waals surface area contributed by atoms with Crippen LogP contribution in [0.15, 0.2) is 48.5 Å². The second kappa shape index (κ2) is 7.66. The van der Waals surface area contributed by atoms with Gasteiger partial charge in [-0.15, -0.1) is 0 Å². The number of hydrogen-bond donors (Lipinski definition) is 2. The van der Waals surface area contributed by atoms with E-state index in [0.717, 1.165) is 34.7 Å². The van der Waals surface area contributed by atoms with Crippen LogP contribution in [0.4, 0.5) is 11.5 Å². The third kappa shape index (κ3) is 4.03. The quantitative estimate of drug-likeness (QED) is 0.637. The fourth-order valence-electron chi connectivity index (χ4n) is 3.26. The molecule has 140 valence electrons. The Hall–Kier alpha value is -3.08. The minimum atomic E-state index is -0.960. The summed E-state index contributed by atoms with van der Waals surface area (Å²) in [5, 5.41) is 17.6. The van der Waals surface area contributed by atoms with Crippen molar-refractivity contribution in [3.63, 3.8) is 0 Å². The molecule has 2 aromatic carbocycles. The zero-order valence-corrected chi connectivity index (χ0v) is 16.2. The van der Waals surface area contributed by atoms with E-state index in [0.29, 0.717) is 11.6 Å². The van der Waals surface area contributed by atoms with Crippen LogP contribution in [-0.2, 0) is 6.42 Å². The Morgan fingerprint density at radius 2 is 1.78 bits per heavy atom. The van der Waals surface area contributed by atoms with Gasteiger partial charge in [-0.05, 0) is 49.4 Å². The normalized spacial score (nSPS) is 11.0. The average molecular weight is 363 g/mol. The lowest BCUT2D eigenvalue weighted by Gasteiger charge is -2.15. The van der Waals surface area contributed by atoms with Crippen molar-refractivity contribution in [1.82, 2.24) is 9.78 Å². The molecule has 0 atom stereocenters. The topological polar surface area (TPSA) is 67.2 Å². The van der Waals surface area contributed by atoms with Gasteiger partial charge in [0.25, 0.3) is 0 Å². The van der Waals surface area contributed by atoms with E-state index >= 15 is 0 Å². The van der Waals surface area contributed by atoms with E-state index in [1.165, 1.54) is 0 Å². The van der Waals surface area contributed by atoms with E-state index in [1.54, 1.807) is 18.2 Å². The Labute approximate surface area is 159 Å². The number of carboxylic acid groups (broad SMARTS) is 1. The van der Waals surface area contributed by atoms with Crippen LogP contribution in [0.3, 0.4) is 0 Å². The maximum atomic E-state index is 11.6. The second-order valence-electron chi connectivity index (χ2n) is 7.25. The third-order valence-corrected chi connectivity index (χ3v) is 4.45. The fourth-order valence-corrected chi connectivity index (χ4v) is 3.26. The van der Waals surface area contributed by atoms with Crippen molar-refractivity contribution in [3.8, 4) is 5.69 Å². The number of aryl methyl sites for hydroxylation is 2. The lowest BCUT2D eigenvalue weighted by Crippen LogP contribution is -2.08. The van der Waals surface area contributed by atoms with E-state index in [2.05, 4.69) is 45.1 Å². The molecule has 0 fully saturated rings. The standard InChI is InChI=1S/C22H25N3O2/c1-14(2)12-17-13-20(23-19-11-6-5-10-18(19)22(26)27)25(24-17)21-15(3)8-7-9-16(21)4/h5-11,13-14,23H,12H2,1-4H3,(H,26,27). The van der Waals surface area contributed by atoms with Gasteiger partial charge in [0.2, 0.25) is 0 Å². The summed E-state index contributed by atoms with van der Waals surface area (Å²) in [5.74, 6) is 0.279. The van der Waals surface area contributed by atoms with E-state index in [4.69, 9.17) is 5.10 Å². The van der Waals surface area contributed by atoms with Gasteiger partial charge in [-0.25, -0.2) is 9.48 Å². The van der Waals surface area contributed by atoms with E-state index in [9.17, 15) is 9.90 Å². The Morgan fingerprint density at radius 1 is 1.11 bits per heavy atom. The summed E-state index contributed by atoms with van der Waals surface area (Å²) in [7, 11) is 0. The van der Waals surface area contributed by atoms with Crippen LogP contribution in [0.5, 0.6) is 0 Å². The van der Waals surface area contributed by atoms with E-state index in [-0.39, 0.29) is 5.56 Å². The van der Waals surface area contributed by atoms with Crippen LogP contribution < -0.4 is 5.32 Å². The number of hydrogen-bond acceptors (Lipinski definition) is 3. The molecule has 5 heteroatoms. The largest absolute Gasteiger partial charge is 0.478 e. The number of anilines is 2. The lowest BCUT2D eigenvalue weighted by atomic mass is 10.1. The fraction of sp³-hybridized carbons (Fsp3) is 0.273. The third-order valence-electron chi connectivity index (χ3n) is 4.45. The number of nitrogens with zero attached hydrogens (tertiary/aromatic N) is 2. The number of para-hydroxylation sites is 2. The summed E-state index contributed by atoms with van der Waals surface area (Å²) in [5.41, 5.74) is 5.00. The molecule has 3 rings (SSSR count). The maximum absolute atomic E-state index is 11.6. The van der Waals surface area contributed by atoms with Crippen molar-refractivity contribution in [2.45, 2.75) is 34.1 Å². The molecule has 0 saturated carbocycles. The van der Waals surface area contributed by atoms with Crippen molar-refractivity contribution in [2.75, 3.05) is 5.32 Å². The van der Waals surface area contributed by atoms with Crippen LogP contribution in [0.1, 0.15) is 41.0 Å². The molecule has 1 heterocycles. The van der Waals surface area contributed by atoms with E-state index < -0.39 is 5.97 Å². The molecule has 0 saturated heterocycles. The molecule has 27 heavy (non-hydrogen) atoms. The highest BCUT2D eigenvalue weighted by molar-refractivity contribution is 5.95. The van der Waals surface area contributed by atoms with Gasteiger partial charge in [-0.1, -0.05) is 44.2 Å². The van der Waals surface area contributed by atoms with Gasteiger partial charge < -0.3 is 10.4 Å². The summed E-state index contributed by atoms with van der Waals surface area (Å²) in [6.07, 6.45) is 0.854. The van der Waals surface area contributed by atoms with Crippen molar-refractivity contribution in [3.05, 3.63) is 70.9 Å². The molecule has 0 aliphatic heterocycles. The smallest absolute Gasteiger partial charge is 0.337 e. The van der Waals surface area contributed by atoms with Gasteiger partial charge >= 0.3 is 5.97 Å².